The summed E-state index contributed by atoms with van der Waals surface area (Å²) >= 11 is 0. The highest BCUT2D eigenvalue weighted by Crippen LogP contribution is 2.07. The van der Waals surface area contributed by atoms with Gasteiger partial charge in [0.1, 0.15) is 6.73 Å². The third-order valence-electron chi connectivity index (χ3n) is 2.42. The van der Waals surface area contributed by atoms with Crippen molar-refractivity contribution in [1.29, 1.82) is 0 Å². The van der Waals surface area contributed by atoms with Crippen molar-refractivity contribution in [2.24, 2.45) is 0 Å². The van der Waals surface area contributed by atoms with Gasteiger partial charge >= 0.3 is 5.69 Å². The molecule has 0 amide bonds. The molecule has 0 saturated heterocycles. The maximum absolute atomic E-state index is 11.5. The van der Waals surface area contributed by atoms with Gasteiger partial charge in [-0.25, -0.2) is 4.79 Å². The van der Waals surface area contributed by atoms with Crippen LogP contribution in [-0.2, 0) is 11.5 Å². The summed E-state index contributed by atoms with van der Waals surface area (Å²) in [6.07, 6.45) is 1.36. The molecule has 0 aliphatic carbocycles. The summed E-state index contributed by atoms with van der Waals surface area (Å²) in [7, 11) is 0.250. The molecule has 7 heteroatoms. The van der Waals surface area contributed by atoms with E-state index in [1.165, 1.54) is 17.9 Å². The number of aromatic amines is 1. The number of aromatic nitrogens is 2. The summed E-state index contributed by atoms with van der Waals surface area (Å²) in [5.74, 6) is 0.100. The maximum Gasteiger partial charge on any atom is 0.330 e. The molecule has 1 aromatic rings. The maximum atomic E-state index is 11.5. The summed E-state index contributed by atoms with van der Waals surface area (Å²) in [6.45, 7) is 7.50. The zero-order valence-electron chi connectivity index (χ0n) is 11.3. The van der Waals surface area contributed by atoms with Crippen LogP contribution in [0.2, 0.25) is 25.7 Å². The van der Waals surface area contributed by atoms with Crippen LogP contribution >= 0.6 is 0 Å². The van der Waals surface area contributed by atoms with E-state index in [1.54, 1.807) is 0 Å². The molecule has 0 radical (unpaired) electrons. The van der Waals surface area contributed by atoms with Crippen molar-refractivity contribution in [3.05, 3.63) is 27.0 Å². The highest BCUT2D eigenvalue weighted by Gasteiger charge is 2.12. The molecular formula is C11H20N2O4Si. The Morgan fingerprint density at radius 2 is 2.00 bits per heavy atom. The van der Waals surface area contributed by atoms with Crippen LogP contribution in [-0.4, -0.2) is 31.3 Å². The molecule has 0 atom stereocenters. The van der Waals surface area contributed by atoms with Crippen molar-refractivity contribution < 1.29 is 9.47 Å². The highest BCUT2D eigenvalue weighted by molar-refractivity contribution is 6.76. The first-order valence-electron chi connectivity index (χ1n) is 5.79. The standard InChI is InChI=1S/C11H20N2O4Si/c1-16-9-7-13(11(15)12-10(9)14)8-17-5-6-18(2,3)4/h7H,5-6,8H2,1-4H3,(H,12,14,15). The molecule has 0 fully saturated rings. The number of hydrogen-bond donors (Lipinski definition) is 1. The number of nitrogens with zero attached hydrogens (tertiary/aromatic N) is 1. The Bertz CT molecular complexity index is 501. The van der Waals surface area contributed by atoms with Gasteiger partial charge in [0.15, 0.2) is 0 Å². The van der Waals surface area contributed by atoms with E-state index in [9.17, 15) is 9.59 Å². The van der Waals surface area contributed by atoms with Crippen LogP contribution in [0.4, 0.5) is 0 Å². The Balaban J connectivity index is 2.63. The fourth-order valence-corrected chi connectivity index (χ4v) is 2.03. The molecule has 6 nitrogen and oxygen atoms in total. The summed E-state index contributed by atoms with van der Waals surface area (Å²) in [4.78, 5) is 24.9. The number of nitrogens with one attached hydrogen (secondary N) is 1. The normalized spacial score (nSPS) is 11.6. The molecule has 0 spiro atoms. The topological polar surface area (TPSA) is 73.3 Å². The summed E-state index contributed by atoms with van der Waals surface area (Å²) in [6, 6.07) is 1.03. The molecule has 102 valence electrons. The minimum Gasteiger partial charge on any atom is -0.490 e. The zero-order valence-corrected chi connectivity index (χ0v) is 12.3. The monoisotopic (exact) mass is 272 g/mol. The lowest BCUT2D eigenvalue weighted by atomic mass is 10.6. The lowest BCUT2D eigenvalue weighted by molar-refractivity contribution is 0.0830. The van der Waals surface area contributed by atoms with E-state index < -0.39 is 19.3 Å². The minimum absolute atomic E-state index is 0.100. The summed E-state index contributed by atoms with van der Waals surface area (Å²) < 4.78 is 11.6. The third-order valence-corrected chi connectivity index (χ3v) is 4.13. The second-order valence-electron chi connectivity index (χ2n) is 5.27. The predicted molar refractivity (Wildman–Crippen MR) is 72.0 cm³/mol. The molecule has 0 aromatic carbocycles. The average Bonchev–Trinajstić information content (AvgIpc) is 2.25. The first-order chi connectivity index (χ1) is 8.33. The smallest absolute Gasteiger partial charge is 0.330 e. The van der Waals surface area contributed by atoms with Crippen LogP contribution < -0.4 is 16.0 Å². The molecule has 0 aliphatic rings. The first kappa shape index (κ1) is 14.7. The second kappa shape index (κ2) is 6.01. The predicted octanol–water partition coefficient (Wildman–Crippen LogP) is 0.857. The van der Waals surface area contributed by atoms with Crippen molar-refractivity contribution in [1.82, 2.24) is 9.55 Å². The van der Waals surface area contributed by atoms with Gasteiger partial charge in [-0.2, -0.15) is 0 Å². The summed E-state index contributed by atoms with van der Waals surface area (Å²) in [5.41, 5.74) is -1.02. The van der Waals surface area contributed by atoms with E-state index >= 15 is 0 Å². The lowest BCUT2D eigenvalue weighted by Crippen LogP contribution is -2.31. The fourth-order valence-electron chi connectivity index (χ4n) is 1.27. The molecular weight excluding hydrogens is 252 g/mol. The van der Waals surface area contributed by atoms with Crippen molar-refractivity contribution >= 4 is 8.07 Å². The molecule has 0 bridgehead atoms. The molecule has 0 saturated carbocycles. The molecule has 1 N–H and O–H groups in total. The van der Waals surface area contributed by atoms with E-state index in [0.29, 0.717) is 6.61 Å². The van der Waals surface area contributed by atoms with E-state index in [4.69, 9.17) is 9.47 Å². The minimum atomic E-state index is -1.13. The van der Waals surface area contributed by atoms with Crippen molar-refractivity contribution in [3.63, 3.8) is 0 Å². The number of ether oxygens (including phenoxy) is 2. The number of H-pyrrole nitrogens is 1. The van der Waals surface area contributed by atoms with Crippen molar-refractivity contribution in [2.75, 3.05) is 13.7 Å². The van der Waals surface area contributed by atoms with Crippen LogP contribution in [0, 0.1) is 0 Å². The Hall–Kier alpha value is -1.34. The molecule has 18 heavy (non-hydrogen) atoms. The van der Waals surface area contributed by atoms with Gasteiger partial charge in [0.25, 0.3) is 5.56 Å². The Morgan fingerprint density at radius 1 is 1.33 bits per heavy atom. The second-order valence-corrected chi connectivity index (χ2v) is 10.9. The van der Waals surface area contributed by atoms with Gasteiger partial charge in [-0.05, 0) is 6.04 Å². The van der Waals surface area contributed by atoms with Crippen LogP contribution in [0.1, 0.15) is 0 Å². The van der Waals surface area contributed by atoms with Gasteiger partial charge in [-0.15, -0.1) is 0 Å². The molecule has 1 aromatic heterocycles. The quantitative estimate of drug-likeness (QED) is 0.615. The Labute approximate surface area is 107 Å². The fraction of sp³-hybridized carbons (Fsp3) is 0.636. The lowest BCUT2D eigenvalue weighted by Gasteiger charge is -2.15. The highest BCUT2D eigenvalue weighted by atomic mass is 28.3. The van der Waals surface area contributed by atoms with E-state index in [0.717, 1.165) is 6.04 Å². The van der Waals surface area contributed by atoms with Gasteiger partial charge in [0.05, 0.1) is 13.3 Å². The molecule has 1 heterocycles. The number of hydrogen-bond acceptors (Lipinski definition) is 4. The van der Waals surface area contributed by atoms with Crippen LogP contribution in [0.25, 0.3) is 0 Å². The molecule has 1 rings (SSSR count). The van der Waals surface area contributed by atoms with Crippen LogP contribution in [0.3, 0.4) is 0 Å². The Kier molecular flexibility index (Phi) is 4.91. The molecule has 0 unspecified atom stereocenters. The van der Waals surface area contributed by atoms with E-state index in [2.05, 4.69) is 24.6 Å². The zero-order chi connectivity index (χ0) is 13.8. The van der Waals surface area contributed by atoms with Gasteiger partial charge < -0.3 is 9.47 Å². The van der Waals surface area contributed by atoms with Gasteiger partial charge in [-0.3, -0.25) is 14.3 Å². The Morgan fingerprint density at radius 3 is 2.56 bits per heavy atom. The molecule has 0 aliphatic heterocycles. The average molecular weight is 272 g/mol. The largest absolute Gasteiger partial charge is 0.490 e. The van der Waals surface area contributed by atoms with Crippen LogP contribution in [0.5, 0.6) is 5.75 Å². The van der Waals surface area contributed by atoms with Gasteiger partial charge in [0, 0.05) is 14.7 Å². The summed E-state index contributed by atoms with van der Waals surface area (Å²) in [5, 5.41) is 0. The van der Waals surface area contributed by atoms with Crippen molar-refractivity contribution in [3.8, 4) is 5.75 Å². The third kappa shape index (κ3) is 4.50. The van der Waals surface area contributed by atoms with Crippen LogP contribution in [0.15, 0.2) is 15.8 Å². The van der Waals surface area contributed by atoms with Gasteiger partial charge in [0.2, 0.25) is 5.75 Å². The number of methoxy groups -OCH3 is 1. The first-order valence-corrected chi connectivity index (χ1v) is 9.50. The number of rotatable bonds is 6. The van der Waals surface area contributed by atoms with E-state index in [1.807, 2.05) is 0 Å². The van der Waals surface area contributed by atoms with Gasteiger partial charge in [-0.1, -0.05) is 19.6 Å². The van der Waals surface area contributed by atoms with E-state index in [-0.39, 0.29) is 12.5 Å². The SMILES string of the molecule is COc1cn(COCC[Si](C)(C)C)c(=O)[nH]c1=O. The van der Waals surface area contributed by atoms with Crippen molar-refractivity contribution in [2.45, 2.75) is 32.4 Å².